The Labute approximate surface area is 193 Å². The monoisotopic (exact) mass is 462 g/mol. The van der Waals surface area contributed by atoms with Crippen LogP contribution in [0.1, 0.15) is 11.6 Å². The summed E-state index contributed by atoms with van der Waals surface area (Å²) < 4.78 is 15.8. The smallest absolute Gasteiger partial charge is 0.238 e. The van der Waals surface area contributed by atoms with Crippen molar-refractivity contribution in [1.29, 1.82) is 0 Å². The molecule has 1 aromatic heterocycles. The molecule has 4 aromatic rings. The van der Waals surface area contributed by atoms with E-state index in [1.54, 1.807) is 34.5 Å². The van der Waals surface area contributed by atoms with Gasteiger partial charge in [0.1, 0.15) is 12.1 Å². The third-order valence-corrected chi connectivity index (χ3v) is 7.31. The van der Waals surface area contributed by atoms with Gasteiger partial charge in [0.25, 0.3) is 0 Å². The van der Waals surface area contributed by atoms with Crippen LogP contribution in [0.15, 0.2) is 95.2 Å². The van der Waals surface area contributed by atoms with Crippen LogP contribution in [0.2, 0.25) is 0 Å². The van der Waals surface area contributed by atoms with Crippen LogP contribution in [0.5, 0.6) is 0 Å². The summed E-state index contributed by atoms with van der Waals surface area (Å²) in [5.74, 6) is 0.546. The highest BCUT2D eigenvalue weighted by molar-refractivity contribution is 8.00. The largest absolute Gasteiger partial charge is 0.302 e. The summed E-state index contributed by atoms with van der Waals surface area (Å²) in [5, 5.41) is 8.50. The molecule has 0 spiro atoms. The van der Waals surface area contributed by atoms with Crippen LogP contribution in [-0.4, -0.2) is 32.2 Å². The molecule has 0 aliphatic carbocycles. The predicted molar refractivity (Wildman–Crippen MR) is 126 cm³/mol. The summed E-state index contributed by atoms with van der Waals surface area (Å²) in [4.78, 5) is 16.5. The van der Waals surface area contributed by atoms with Crippen LogP contribution in [0, 0.1) is 5.82 Å². The average molecular weight is 463 g/mol. The molecule has 0 saturated carbocycles. The van der Waals surface area contributed by atoms with Gasteiger partial charge in [0.05, 0.1) is 23.2 Å². The zero-order valence-electron chi connectivity index (χ0n) is 17.0. The molecular formula is C24H19FN4OS2. The summed E-state index contributed by atoms with van der Waals surface area (Å²) in [5.41, 5.74) is 2.37. The van der Waals surface area contributed by atoms with Gasteiger partial charge in [-0.05, 0) is 29.8 Å². The van der Waals surface area contributed by atoms with Crippen molar-refractivity contribution >= 4 is 35.1 Å². The van der Waals surface area contributed by atoms with E-state index in [2.05, 4.69) is 22.3 Å². The predicted octanol–water partition coefficient (Wildman–Crippen LogP) is 5.38. The molecule has 2 heterocycles. The molecule has 3 aromatic carbocycles. The molecule has 1 amide bonds. The van der Waals surface area contributed by atoms with Crippen molar-refractivity contribution in [2.75, 3.05) is 16.4 Å². The third-order valence-electron chi connectivity index (χ3n) is 5.24. The lowest BCUT2D eigenvalue weighted by Gasteiger charge is -2.37. The fourth-order valence-corrected chi connectivity index (χ4v) is 5.70. The Bertz CT molecular complexity index is 1250. The number of aromatic nitrogens is 3. The number of carbonyl (C=O) groups is 1. The first-order valence-electron chi connectivity index (χ1n) is 10.1. The van der Waals surface area contributed by atoms with Crippen LogP contribution in [-0.2, 0) is 4.79 Å². The molecule has 0 fully saturated rings. The normalized spacial score (nSPS) is 15.4. The number of amides is 1. The molecule has 5 nitrogen and oxygen atoms in total. The number of rotatable bonds is 5. The topological polar surface area (TPSA) is 51.0 Å². The maximum absolute atomic E-state index is 14.3. The first-order chi connectivity index (χ1) is 15.7. The fourth-order valence-electron chi connectivity index (χ4n) is 3.75. The Hall–Kier alpha value is -3.10. The standard InChI is InChI=1S/C24H19FN4OS2/c25-18-10-4-5-11-19(18)28-16-26-27-24(28)32-15-23(30)29-20-12-6-7-13-22(20)31-14-21(29)17-8-2-1-3-9-17/h1-13,16,21H,14-15H2. The van der Waals surface area contributed by atoms with Crippen molar-refractivity contribution in [2.45, 2.75) is 16.1 Å². The highest BCUT2D eigenvalue weighted by Crippen LogP contribution is 2.43. The van der Waals surface area contributed by atoms with Crippen molar-refractivity contribution in [3.8, 4) is 5.69 Å². The lowest BCUT2D eigenvalue weighted by atomic mass is 10.1. The van der Waals surface area contributed by atoms with Gasteiger partial charge in [-0.1, -0.05) is 66.4 Å². The Morgan fingerprint density at radius 1 is 1.00 bits per heavy atom. The van der Waals surface area contributed by atoms with E-state index in [-0.39, 0.29) is 23.5 Å². The van der Waals surface area contributed by atoms with E-state index in [1.165, 1.54) is 24.2 Å². The van der Waals surface area contributed by atoms with Gasteiger partial charge >= 0.3 is 0 Å². The number of anilines is 1. The Morgan fingerprint density at radius 2 is 1.72 bits per heavy atom. The molecule has 8 heteroatoms. The number of fused-ring (bicyclic) bond motifs is 1. The van der Waals surface area contributed by atoms with Gasteiger partial charge in [-0.3, -0.25) is 9.36 Å². The molecule has 0 saturated heterocycles. The summed E-state index contributed by atoms with van der Waals surface area (Å²) >= 11 is 3.02. The van der Waals surface area contributed by atoms with Crippen LogP contribution >= 0.6 is 23.5 Å². The van der Waals surface area contributed by atoms with Gasteiger partial charge in [-0.25, -0.2) is 4.39 Å². The van der Waals surface area contributed by atoms with Crippen LogP contribution in [0.25, 0.3) is 5.69 Å². The first kappa shape index (κ1) is 20.8. The molecular weight excluding hydrogens is 443 g/mol. The number of para-hydroxylation sites is 2. The van der Waals surface area contributed by atoms with E-state index in [0.717, 1.165) is 21.9 Å². The van der Waals surface area contributed by atoms with Crippen molar-refractivity contribution < 1.29 is 9.18 Å². The maximum Gasteiger partial charge on any atom is 0.238 e. The van der Waals surface area contributed by atoms with Gasteiger partial charge in [-0.2, -0.15) is 0 Å². The summed E-state index contributed by atoms with van der Waals surface area (Å²) in [7, 11) is 0. The number of benzene rings is 3. The minimum Gasteiger partial charge on any atom is -0.302 e. The summed E-state index contributed by atoms with van der Waals surface area (Å²) in [6, 6.07) is 24.4. The maximum atomic E-state index is 14.3. The Kier molecular flexibility index (Phi) is 5.96. The van der Waals surface area contributed by atoms with Crippen LogP contribution in [0.3, 0.4) is 0 Å². The van der Waals surface area contributed by atoms with Gasteiger partial charge < -0.3 is 4.90 Å². The van der Waals surface area contributed by atoms with E-state index in [9.17, 15) is 9.18 Å². The second-order valence-electron chi connectivity index (χ2n) is 7.19. The van der Waals surface area contributed by atoms with Crippen molar-refractivity contribution in [3.05, 3.63) is 96.6 Å². The summed E-state index contributed by atoms with van der Waals surface area (Å²) in [6.45, 7) is 0. The van der Waals surface area contributed by atoms with E-state index in [1.807, 2.05) is 47.4 Å². The molecule has 1 aliphatic rings. The molecule has 160 valence electrons. The second kappa shape index (κ2) is 9.18. The minimum absolute atomic E-state index is 0.0281. The van der Waals surface area contributed by atoms with Crippen molar-refractivity contribution in [3.63, 3.8) is 0 Å². The SMILES string of the molecule is O=C(CSc1nncn1-c1ccccc1F)N1c2ccccc2SCC1c1ccccc1. The number of thioether (sulfide) groups is 2. The van der Waals surface area contributed by atoms with E-state index in [4.69, 9.17) is 0 Å². The number of nitrogens with zero attached hydrogens (tertiary/aromatic N) is 4. The first-order valence-corrected chi connectivity index (χ1v) is 12.1. The van der Waals surface area contributed by atoms with E-state index in [0.29, 0.717) is 10.8 Å². The number of hydrogen-bond acceptors (Lipinski definition) is 5. The second-order valence-corrected chi connectivity index (χ2v) is 9.20. The number of carbonyl (C=O) groups excluding carboxylic acids is 1. The Morgan fingerprint density at radius 3 is 2.53 bits per heavy atom. The minimum atomic E-state index is -0.369. The third kappa shape index (κ3) is 4.03. The fraction of sp³-hybridized carbons (Fsp3) is 0.125. The molecule has 0 N–H and O–H groups in total. The van der Waals surface area contributed by atoms with E-state index < -0.39 is 0 Å². The Balaban J connectivity index is 1.42. The molecule has 1 unspecified atom stereocenters. The lowest BCUT2D eigenvalue weighted by molar-refractivity contribution is -0.116. The van der Waals surface area contributed by atoms with Crippen LogP contribution < -0.4 is 4.90 Å². The van der Waals surface area contributed by atoms with Crippen molar-refractivity contribution in [1.82, 2.24) is 14.8 Å². The van der Waals surface area contributed by atoms with Crippen LogP contribution in [0.4, 0.5) is 10.1 Å². The number of hydrogen-bond donors (Lipinski definition) is 0. The molecule has 1 aliphatic heterocycles. The molecule has 32 heavy (non-hydrogen) atoms. The van der Waals surface area contributed by atoms with Gasteiger partial charge in [0, 0.05) is 10.6 Å². The molecule has 0 radical (unpaired) electrons. The molecule has 5 rings (SSSR count). The zero-order chi connectivity index (χ0) is 21.9. The molecule has 0 bridgehead atoms. The zero-order valence-corrected chi connectivity index (χ0v) is 18.6. The average Bonchev–Trinajstić information content (AvgIpc) is 3.31. The van der Waals surface area contributed by atoms with Gasteiger partial charge in [0.15, 0.2) is 5.16 Å². The summed E-state index contributed by atoms with van der Waals surface area (Å²) in [6.07, 6.45) is 1.46. The highest BCUT2D eigenvalue weighted by atomic mass is 32.2. The van der Waals surface area contributed by atoms with Crippen molar-refractivity contribution in [2.24, 2.45) is 0 Å². The lowest BCUT2D eigenvalue weighted by Crippen LogP contribution is -2.39. The molecule has 1 atom stereocenters. The van der Waals surface area contributed by atoms with E-state index >= 15 is 0 Å². The quantitative estimate of drug-likeness (QED) is 0.373. The van der Waals surface area contributed by atoms with Gasteiger partial charge in [0.2, 0.25) is 5.91 Å². The number of halogens is 1. The highest BCUT2D eigenvalue weighted by Gasteiger charge is 2.32. The van der Waals surface area contributed by atoms with Gasteiger partial charge in [-0.15, -0.1) is 22.0 Å².